The quantitative estimate of drug-likeness (QED) is 0.744. The number of fused-ring (bicyclic) bond motifs is 2. The molecular formula is C15H24O5. The van der Waals surface area contributed by atoms with Gasteiger partial charge in [0.1, 0.15) is 17.8 Å². The summed E-state index contributed by atoms with van der Waals surface area (Å²) in [6, 6.07) is 0. The molecule has 1 saturated carbocycles. The summed E-state index contributed by atoms with van der Waals surface area (Å²) in [6.45, 7) is 6.15. The van der Waals surface area contributed by atoms with Gasteiger partial charge in [-0.1, -0.05) is 13.8 Å². The largest absolute Gasteiger partial charge is 0.387 e. The Balaban J connectivity index is 1.82. The molecule has 0 aromatic carbocycles. The number of epoxide rings is 1. The molecule has 6 atom stereocenters. The number of hydrogen-bond donors (Lipinski definition) is 2. The van der Waals surface area contributed by atoms with E-state index in [2.05, 4.69) is 0 Å². The first-order chi connectivity index (χ1) is 9.28. The zero-order valence-electron chi connectivity index (χ0n) is 12.3. The smallest absolute Gasteiger partial charge is 0.164 e. The maximum atomic E-state index is 12.4. The second kappa shape index (κ2) is 4.50. The van der Waals surface area contributed by atoms with Crippen molar-refractivity contribution in [3.63, 3.8) is 0 Å². The van der Waals surface area contributed by atoms with Crippen molar-refractivity contribution in [2.24, 2.45) is 11.8 Å². The van der Waals surface area contributed by atoms with E-state index in [4.69, 9.17) is 9.47 Å². The van der Waals surface area contributed by atoms with E-state index in [1.165, 1.54) is 0 Å². The molecule has 2 heterocycles. The van der Waals surface area contributed by atoms with Crippen LogP contribution in [0.2, 0.25) is 0 Å². The highest BCUT2D eigenvalue weighted by Crippen LogP contribution is 2.55. The fourth-order valence-electron chi connectivity index (χ4n) is 3.80. The maximum absolute atomic E-state index is 12.4. The summed E-state index contributed by atoms with van der Waals surface area (Å²) in [5, 5.41) is 20.5. The number of carbonyl (C=O) groups excluding carboxylic acids is 1. The Labute approximate surface area is 119 Å². The van der Waals surface area contributed by atoms with Crippen molar-refractivity contribution in [3.05, 3.63) is 0 Å². The molecule has 3 rings (SSSR count). The molecule has 2 saturated heterocycles. The van der Waals surface area contributed by atoms with Gasteiger partial charge < -0.3 is 19.7 Å². The summed E-state index contributed by atoms with van der Waals surface area (Å²) in [4.78, 5) is 12.4. The molecule has 1 aliphatic carbocycles. The lowest BCUT2D eigenvalue weighted by molar-refractivity contribution is -0.166. The van der Waals surface area contributed by atoms with E-state index < -0.39 is 29.5 Å². The van der Waals surface area contributed by atoms with E-state index in [9.17, 15) is 15.0 Å². The molecule has 0 aromatic rings. The molecule has 1 spiro atoms. The molecular weight excluding hydrogens is 260 g/mol. The van der Waals surface area contributed by atoms with Crippen LogP contribution in [0.25, 0.3) is 0 Å². The van der Waals surface area contributed by atoms with Crippen LogP contribution in [0.15, 0.2) is 0 Å². The third-order valence-corrected chi connectivity index (χ3v) is 5.05. The molecule has 0 aromatic heterocycles. The number of Topliss-reactive ketones (excluding diaryl/α,β-unsaturated/α-hetero) is 1. The van der Waals surface area contributed by atoms with Crippen molar-refractivity contribution in [2.75, 3.05) is 6.61 Å². The molecule has 2 aliphatic heterocycles. The van der Waals surface area contributed by atoms with E-state index in [-0.39, 0.29) is 17.6 Å². The topological polar surface area (TPSA) is 79.3 Å². The first kappa shape index (κ1) is 14.4. The molecule has 20 heavy (non-hydrogen) atoms. The molecule has 0 radical (unpaired) electrons. The van der Waals surface area contributed by atoms with E-state index in [0.717, 1.165) is 6.42 Å². The molecule has 0 unspecified atom stereocenters. The highest BCUT2D eigenvalue weighted by atomic mass is 16.6. The Hall–Kier alpha value is -0.490. The van der Waals surface area contributed by atoms with Gasteiger partial charge in [0.2, 0.25) is 0 Å². The highest BCUT2D eigenvalue weighted by Gasteiger charge is 2.70. The number of ether oxygens (including phenoxy) is 2. The Morgan fingerprint density at radius 1 is 1.45 bits per heavy atom. The van der Waals surface area contributed by atoms with Crippen molar-refractivity contribution in [1.82, 2.24) is 0 Å². The Bertz CT molecular complexity index is 412. The Morgan fingerprint density at radius 3 is 2.65 bits per heavy atom. The first-order valence-corrected chi connectivity index (χ1v) is 7.50. The first-order valence-electron chi connectivity index (χ1n) is 7.50. The van der Waals surface area contributed by atoms with Crippen molar-refractivity contribution >= 4 is 5.78 Å². The van der Waals surface area contributed by atoms with Crippen LogP contribution in [0.4, 0.5) is 0 Å². The fraction of sp³-hybridized carbons (Fsp3) is 0.933. The van der Waals surface area contributed by atoms with Gasteiger partial charge in [-0.25, -0.2) is 0 Å². The number of carbonyl (C=O) groups is 1. The van der Waals surface area contributed by atoms with Gasteiger partial charge in [-0.3, -0.25) is 4.79 Å². The molecule has 0 amide bonds. The van der Waals surface area contributed by atoms with E-state index in [1.807, 2.05) is 13.8 Å². The fourth-order valence-corrected chi connectivity index (χ4v) is 3.80. The summed E-state index contributed by atoms with van der Waals surface area (Å²) in [6.07, 6.45) is -0.346. The molecule has 5 heteroatoms. The van der Waals surface area contributed by atoms with Gasteiger partial charge in [0.05, 0.1) is 18.3 Å². The van der Waals surface area contributed by atoms with Gasteiger partial charge in [-0.15, -0.1) is 0 Å². The van der Waals surface area contributed by atoms with Crippen LogP contribution in [0, 0.1) is 11.8 Å². The third-order valence-electron chi connectivity index (χ3n) is 5.05. The van der Waals surface area contributed by atoms with Gasteiger partial charge in [-0.05, 0) is 25.7 Å². The van der Waals surface area contributed by atoms with Gasteiger partial charge in [-0.2, -0.15) is 0 Å². The van der Waals surface area contributed by atoms with Crippen molar-refractivity contribution in [1.29, 1.82) is 0 Å². The lowest BCUT2D eigenvalue weighted by Crippen LogP contribution is -2.54. The number of hydrogen-bond acceptors (Lipinski definition) is 5. The van der Waals surface area contributed by atoms with Crippen LogP contribution in [-0.4, -0.2) is 52.1 Å². The second-order valence-electron chi connectivity index (χ2n) is 7.24. The average Bonchev–Trinajstić information content (AvgIpc) is 3.02. The van der Waals surface area contributed by atoms with Crippen LogP contribution < -0.4 is 0 Å². The number of aliphatic hydroxyl groups excluding tert-OH is 1. The number of aliphatic hydroxyl groups is 2. The van der Waals surface area contributed by atoms with E-state index >= 15 is 0 Å². The molecule has 3 aliphatic rings. The molecule has 3 fully saturated rings. The maximum Gasteiger partial charge on any atom is 0.164 e. The van der Waals surface area contributed by atoms with Crippen molar-refractivity contribution in [3.8, 4) is 0 Å². The van der Waals surface area contributed by atoms with Crippen LogP contribution >= 0.6 is 0 Å². The van der Waals surface area contributed by atoms with Crippen LogP contribution in [0.1, 0.15) is 40.0 Å². The zero-order valence-corrected chi connectivity index (χ0v) is 12.3. The lowest BCUT2D eigenvalue weighted by Gasteiger charge is -2.40. The molecule has 2 N–H and O–H groups in total. The number of ketones is 1. The van der Waals surface area contributed by atoms with Gasteiger partial charge in [0.25, 0.3) is 0 Å². The van der Waals surface area contributed by atoms with E-state index in [1.54, 1.807) is 6.92 Å². The SMILES string of the molecule is CC(C)CC(=O)[C@H]1O[C@@H]2[C@@H](O)[C@@](C)(O)CC[C@@H]2[C@]12CO2. The van der Waals surface area contributed by atoms with Crippen LogP contribution in [0.3, 0.4) is 0 Å². The lowest BCUT2D eigenvalue weighted by atomic mass is 9.71. The summed E-state index contributed by atoms with van der Waals surface area (Å²) < 4.78 is 11.5. The van der Waals surface area contributed by atoms with Crippen molar-refractivity contribution < 1.29 is 24.5 Å². The van der Waals surface area contributed by atoms with Gasteiger partial charge >= 0.3 is 0 Å². The normalized spacial score (nSPS) is 50.5. The van der Waals surface area contributed by atoms with Crippen molar-refractivity contribution in [2.45, 2.75) is 69.5 Å². The minimum atomic E-state index is -1.15. The molecule has 114 valence electrons. The van der Waals surface area contributed by atoms with Gasteiger partial charge in [0.15, 0.2) is 5.78 Å². The minimum absolute atomic E-state index is 0.0128. The summed E-state index contributed by atoms with van der Waals surface area (Å²) >= 11 is 0. The molecule has 0 bridgehead atoms. The summed E-state index contributed by atoms with van der Waals surface area (Å²) in [5.74, 6) is 0.343. The zero-order chi connectivity index (χ0) is 14.7. The summed E-state index contributed by atoms with van der Waals surface area (Å²) in [7, 11) is 0. The predicted molar refractivity (Wildman–Crippen MR) is 71.2 cm³/mol. The number of rotatable bonds is 3. The van der Waals surface area contributed by atoms with E-state index in [0.29, 0.717) is 19.4 Å². The summed E-state index contributed by atoms with van der Waals surface area (Å²) in [5.41, 5.74) is -1.68. The predicted octanol–water partition coefficient (Wildman–Crippen LogP) is 0.660. The van der Waals surface area contributed by atoms with Crippen LogP contribution in [-0.2, 0) is 14.3 Å². The van der Waals surface area contributed by atoms with Gasteiger partial charge in [0, 0.05) is 12.3 Å². The van der Waals surface area contributed by atoms with Crippen LogP contribution in [0.5, 0.6) is 0 Å². The standard InChI is InChI=1S/C15H24O5/c1-8(2)6-10(16)13-15(7-19-15)9-4-5-14(3,18)12(17)11(9)20-13/h8-9,11-13,17-18H,4-7H2,1-3H3/t9-,11-,12+,13+,14-,15+/m0/s1. The average molecular weight is 284 g/mol. The Kier molecular flexibility index (Phi) is 3.25. The second-order valence-corrected chi connectivity index (χ2v) is 7.24. The third kappa shape index (κ3) is 2.03. The minimum Gasteiger partial charge on any atom is -0.387 e. The monoisotopic (exact) mass is 284 g/mol. The molecule has 5 nitrogen and oxygen atoms in total. The highest BCUT2D eigenvalue weighted by molar-refractivity contribution is 5.85. The Morgan fingerprint density at radius 2 is 2.10 bits per heavy atom.